The minimum Gasteiger partial charge on any atom is -0.462 e. The van der Waals surface area contributed by atoms with E-state index < -0.39 is 32.5 Å². The number of phosphoric acid groups is 1. The van der Waals surface area contributed by atoms with Crippen LogP contribution in [0.2, 0.25) is 0 Å². The molecule has 0 aliphatic carbocycles. The molecule has 0 fully saturated rings. The maximum Gasteiger partial charge on any atom is 0.472 e. The summed E-state index contributed by atoms with van der Waals surface area (Å²) in [5.41, 5.74) is 5.38. The third kappa shape index (κ3) is 60.2. The molecule has 0 rings (SSSR count). The van der Waals surface area contributed by atoms with Gasteiger partial charge in [0.05, 0.1) is 13.2 Å². The third-order valence-electron chi connectivity index (χ3n) is 11.3. The van der Waals surface area contributed by atoms with Crippen LogP contribution in [0.1, 0.15) is 194 Å². The lowest BCUT2D eigenvalue weighted by molar-refractivity contribution is -0.161. The van der Waals surface area contributed by atoms with E-state index in [0.717, 1.165) is 154 Å². The van der Waals surface area contributed by atoms with Crippen LogP contribution in [-0.4, -0.2) is 49.3 Å². The Bertz CT molecular complexity index is 1910. The molecule has 0 aliphatic rings. The molecule has 0 spiro atoms. The number of carbonyl (C=O) groups excluding carboxylic acids is 2. The molecule has 430 valence electrons. The number of rotatable bonds is 52. The average molecular weight is 1080 g/mol. The van der Waals surface area contributed by atoms with Crippen molar-refractivity contribution in [1.82, 2.24) is 0 Å². The highest BCUT2D eigenvalue weighted by Crippen LogP contribution is 2.43. The van der Waals surface area contributed by atoms with E-state index in [1.165, 1.54) is 0 Å². The van der Waals surface area contributed by atoms with Gasteiger partial charge in [0.1, 0.15) is 6.61 Å². The summed E-state index contributed by atoms with van der Waals surface area (Å²) in [6.07, 6.45) is 90.8. The van der Waals surface area contributed by atoms with Gasteiger partial charge < -0.3 is 20.1 Å². The highest BCUT2D eigenvalue weighted by molar-refractivity contribution is 7.47. The Morgan fingerprint density at radius 3 is 1.00 bits per heavy atom. The molecule has 10 heteroatoms. The molecule has 0 amide bonds. The van der Waals surface area contributed by atoms with Crippen molar-refractivity contribution in [3.05, 3.63) is 182 Å². The lowest BCUT2D eigenvalue weighted by Crippen LogP contribution is -2.29. The lowest BCUT2D eigenvalue weighted by atomic mass is 10.1. The number of unbranched alkanes of at least 4 members (excludes halogenated alkanes) is 9. The van der Waals surface area contributed by atoms with E-state index in [1.807, 2.05) is 0 Å². The fourth-order valence-corrected chi connectivity index (χ4v) is 7.81. The molecule has 0 aromatic heterocycles. The number of allylic oxidation sites excluding steroid dienone is 30. The van der Waals surface area contributed by atoms with Crippen molar-refractivity contribution in [3.63, 3.8) is 0 Å². The van der Waals surface area contributed by atoms with Crippen LogP contribution in [0.15, 0.2) is 182 Å². The van der Waals surface area contributed by atoms with Gasteiger partial charge in [0.2, 0.25) is 0 Å². The highest BCUT2D eigenvalue weighted by atomic mass is 31.2. The monoisotopic (exact) mass is 1080 g/mol. The quantitative estimate of drug-likeness (QED) is 0.0264. The number of phosphoric ester groups is 1. The van der Waals surface area contributed by atoms with Crippen molar-refractivity contribution >= 4 is 19.8 Å². The van der Waals surface area contributed by atoms with E-state index in [2.05, 4.69) is 196 Å². The predicted molar refractivity (Wildman–Crippen MR) is 329 cm³/mol. The van der Waals surface area contributed by atoms with E-state index in [0.29, 0.717) is 12.8 Å². The molecule has 0 bridgehead atoms. The Hall–Kier alpha value is -4.89. The zero-order chi connectivity index (χ0) is 55.9. The summed E-state index contributed by atoms with van der Waals surface area (Å²) in [4.78, 5) is 35.2. The second-order valence-corrected chi connectivity index (χ2v) is 19.8. The van der Waals surface area contributed by atoms with Gasteiger partial charge in [0.25, 0.3) is 0 Å². The van der Waals surface area contributed by atoms with Crippen LogP contribution in [0.4, 0.5) is 0 Å². The molecular weight excluding hydrogens is 978 g/mol. The van der Waals surface area contributed by atoms with Crippen LogP contribution in [0, 0.1) is 0 Å². The Morgan fingerprint density at radius 2 is 0.675 bits per heavy atom. The standard InChI is InChI=1S/C67H104NO8P/c1-3-5-7-9-11-13-15-17-19-21-23-25-26-27-28-29-30-31-32-33-34-35-36-37-38-40-42-44-46-48-50-52-54-56-58-60-67(70)76-65(64-75-77(71,72)74-62-61-68)63-73-66(69)59-57-55-53-51-49-47-45-43-41-39-24-22-20-18-16-14-12-10-8-6-4-2/h5-8,11-14,17-20,23-25,27-28,30-31,33-34,36-37,39-40,42-43,45-46,48,65H,3-4,9-10,15-16,21-22,26,29,32,35,38,41,44,47,49-64,68H2,1-2H3,(H,71,72)/b7-5-,8-6-,13-11-,14-12-,19-17-,20-18-,25-23-,28-27-,31-30-,34-33-,37-36-,39-24-,42-40-,45-43-,48-46-. The van der Waals surface area contributed by atoms with Crippen molar-refractivity contribution in [1.29, 1.82) is 0 Å². The number of carbonyl (C=O) groups is 2. The molecule has 9 nitrogen and oxygen atoms in total. The van der Waals surface area contributed by atoms with Gasteiger partial charge in [-0.05, 0) is 135 Å². The smallest absolute Gasteiger partial charge is 0.462 e. The lowest BCUT2D eigenvalue weighted by Gasteiger charge is -2.19. The van der Waals surface area contributed by atoms with Crippen molar-refractivity contribution in [2.45, 2.75) is 200 Å². The molecule has 2 unspecified atom stereocenters. The molecule has 77 heavy (non-hydrogen) atoms. The number of ether oxygens (including phenoxy) is 2. The molecule has 0 aromatic carbocycles. The second kappa shape index (κ2) is 60.3. The average Bonchev–Trinajstić information content (AvgIpc) is 3.42. The molecule has 0 saturated heterocycles. The van der Waals surface area contributed by atoms with Gasteiger partial charge >= 0.3 is 19.8 Å². The zero-order valence-electron chi connectivity index (χ0n) is 47.9. The van der Waals surface area contributed by atoms with Gasteiger partial charge in [-0.1, -0.05) is 228 Å². The van der Waals surface area contributed by atoms with Gasteiger partial charge in [0.15, 0.2) is 6.10 Å². The summed E-state index contributed by atoms with van der Waals surface area (Å²) in [7, 11) is -4.42. The van der Waals surface area contributed by atoms with Crippen LogP contribution in [0.5, 0.6) is 0 Å². The maximum atomic E-state index is 12.7. The van der Waals surface area contributed by atoms with Crippen molar-refractivity contribution in [2.24, 2.45) is 5.73 Å². The first-order valence-corrected chi connectivity index (χ1v) is 30.8. The Balaban J connectivity index is 4.15. The summed E-state index contributed by atoms with van der Waals surface area (Å²) in [6.45, 7) is 3.43. The SMILES string of the molecule is CC/C=C\C/C=C\C/C=C\C/C=C\C/C=C\C/C=C\C/C=C\C/C=C\C/C=C\C/C=C\CCCCCCC(=O)OC(COC(=O)CCCCCCC/C=C\C/C=C\C/C=C\C/C=C\C/C=C\CC)COP(=O)(O)OCCN. The fraction of sp³-hybridized carbons (Fsp3) is 0.522. The van der Waals surface area contributed by atoms with Gasteiger partial charge in [-0.3, -0.25) is 18.6 Å². The Labute approximate surface area is 469 Å². The van der Waals surface area contributed by atoms with Crippen LogP contribution in [0.3, 0.4) is 0 Å². The molecule has 0 heterocycles. The molecule has 0 saturated carbocycles. The van der Waals surface area contributed by atoms with Gasteiger partial charge in [-0.25, -0.2) is 4.57 Å². The van der Waals surface area contributed by atoms with Gasteiger partial charge in [-0.15, -0.1) is 0 Å². The molecule has 0 radical (unpaired) electrons. The van der Waals surface area contributed by atoms with Crippen molar-refractivity contribution < 1.29 is 37.6 Å². The molecule has 3 N–H and O–H groups in total. The van der Waals surface area contributed by atoms with E-state index >= 15 is 0 Å². The fourth-order valence-electron chi connectivity index (χ4n) is 7.04. The first kappa shape index (κ1) is 72.1. The number of hydrogen-bond acceptors (Lipinski definition) is 8. The molecule has 0 aromatic rings. The van der Waals surface area contributed by atoms with E-state index in [4.69, 9.17) is 24.3 Å². The minimum absolute atomic E-state index is 0.0348. The molecule has 0 aliphatic heterocycles. The van der Waals surface area contributed by atoms with Gasteiger partial charge in [-0.2, -0.15) is 0 Å². The highest BCUT2D eigenvalue weighted by Gasteiger charge is 2.26. The maximum absolute atomic E-state index is 12.7. The van der Waals surface area contributed by atoms with Crippen LogP contribution in [0.25, 0.3) is 0 Å². The van der Waals surface area contributed by atoms with E-state index in [9.17, 15) is 19.0 Å². The number of hydrogen-bond donors (Lipinski definition) is 2. The summed E-state index contributed by atoms with van der Waals surface area (Å²) in [5, 5.41) is 0. The summed E-state index contributed by atoms with van der Waals surface area (Å²) in [6, 6.07) is 0. The van der Waals surface area contributed by atoms with Crippen molar-refractivity contribution in [2.75, 3.05) is 26.4 Å². The van der Waals surface area contributed by atoms with E-state index in [1.54, 1.807) is 0 Å². The zero-order valence-corrected chi connectivity index (χ0v) is 48.7. The summed E-state index contributed by atoms with van der Waals surface area (Å²) in [5.74, 6) is -0.897. The normalized spacial score (nSPS) is 14.4. The van der Waals surface area contributed by atoms with E-state index in [-0.39, 0.29) is 32.6 Å². The summed E-state index contributed by atoms with van der Waals surface area (Å²) < 4.78 is 33.0. The second-order valence-electron chi connectivity index (χ2n) is 18.4. The van der Waals surface area contributed by atoms with Crippen LogP contribution < -0.4 is 5.73 Å². The predicted octanol–water partition coefficient (Wildman–Crippen LogP) is 18.8. The number of esters is 2. The molecular formula is C67H104NO8P. The first-order valence-electron chi connectivity index (χ1n) is 29.3. The van der Waals surface area contributed by atoms with Gasteiger partial charge in [0, 0.05) is 19.4 Å². The Morgan fingerprint density at radius 1 is 0.390 bits per heavy atom. The first-order chi connectivity index (χ1) is 37.8. The topological polar surface area (TPSA) is 134 Å². The van der Waals surface area contributed by atoms with Crippen LogP contribution in [-0.2, 0) is 32.7 Å². The third-order valence-corrected chi connectivity index (χ3v) is 12.3. The van der Waals surface area contributed by atoms with Crippen LogP contribution >= 0.6 is 7.82 Å². The number of nitrogens with two attached hydrogens (primary N) is 1. The molecule has 2 atom stereocenters. The minimum atomic E-state index is -4.42. The van der Waals surface area contributed by atoms with Crippen molar-refractivity contribution in [3.8, 4) is 0 Å². The summed E-state index contributed by atoms with van der Waals surface area (Å²) >= 11 is 0. The largest absolute Gasteiger partial charge is 0.472 e. The Kier molecular flexibility index (Phi) is 56.5.